The van der Waals surface area contributed by atoms with Gasteiger partial charge in [0.05, 0.1) is 13.7 Å². The molecule has 0 amide bonds. The standard InChI is InChI=1S/C13H22N2O4S/c1-5-19-8-11(12(16)18-4)14(3)6-7-15-10(2)9-20-13(15)17/h9,11H,5-8H2,1-4H3/t11-/m1/s1. The Balaban J connectivity index is 2.64. The Morgan fingerprint density at radius 2 is 2.25 bits per heavy atom. The maximum Gasteiger partial charge on any atom is 0.325 e. The van der Waals surface area contributed by atoms with Gasteiger partial charge in [0.15, 0.2) is 0 Å². The van der Waals surface area contributed by atoms with Crippen LogP contribution in [0.25, 0.3) is 0 Å². The van der Waals surface area contributed by atoms with Crippen LogP contribution in [-0.2, 0) is 20.8 Å². The van der Waals surface area contributed by atoms with Crippen LogP contribution in [0, 0.1) is 6.92 Å². The molecule has 1 aromatic rings. The normalized spacial score (nSPS) is 12.7. The second-order valence-corrected chi connectivity index (χ2v) is 5.29. The van der Waals surface area contributed by atoms with Crippen LogP contribution >= 0.6 is 11.3 Å². The molecule has 0 bridgehead atoms. The second kappa shape index (κ2) is 8.18. The molecule has 1 rings (SSSR count). The third-order valence-electron chi connectivity index (χ3n) is 3.14. The number of hydrogen-bond donors (Lipinski definition) is 0. The Morgan fingerprint density at radius 1 is 1.55 bits per heavy atom. The summed E-state index contributed by atoms with van der Waals surface area (Å²) < 4.78 is 11.8. The van der Waals surface area contributed by atoms with E-state index >= 15 is 0 Å². The highest BCUT2D eigenvalue weighted by molar-refractivity contribution is 7.07. The van der Waals surface area contributed by atoms with Gasteiger partial charge in [-0.05, 0) is 20.9 Å². The van der Waals surface area contributed by atoms with Gasteiger partial charge in [-0.1, -0.05) is 11.3 Å². The van der Waals surface area contributed by atoms with E-state index < -0.39 is 6.04 Å². The highest BCUT2D eigenvalue weighted by atomic mass is 32.1. The number of esters is 1. The van der Waals surface area contributed by atoms with Crippen LogP contribution in [0.5, 0.6) is 0 Å². The maximum atomic E-state index is 11.7. The highest BCUT2D eigenvalue weighted by Crippen LogP contribution is 2.04. The minimum absolute atomic E-state index is 0.0235. The molecule has 0 aliphatic rings. The van der Waals surface area contributed by atoms with E-state index in [9.17, 15) is 9.59 Å². The fraction of sp³-hybridized carbons (Fsp3) is 0.692. The number of thiazole rings is 1. The van der Waals surface area contributed by atoms with E-state index in [0.717, 1.165) is 5.69 Å². The first-order valence-corrected chi connectivity index (χ1v) is 7.40. The number of aromatic nitrogens is 1. The van der Waals surface area contributed by atoms with Crippen molar-refractivity contribution in [3.63, 3.8) is 0 Å². The van der Waals surface area contributed by atoms with Gasteiger partial charge in [-0.15, -0.1) is 0 Å². The first-order valence-electron chi connectivity index (χ1n) is 6.52. The van der Waals surface area contributed by atoms with E-state index in [1.807, 2.05) is 31.2 Å². The molecule has 1 aromatic heterocycles. The van der Waals surface area contributed by atoms with Gasteiger partial charge in [0, 0.05) is 30.8 Å². The van der Waals surface area contributed by atoms with E-state index in [1.165, 1.54) is 18.4 Å². The van der Waals surface area contributed by atoms with Crippen LogP contribution in [0.1, 0.15) is 12.6 Å². The molecule has 0 aliphatic carbocycles. The molecule has 0 aliphatic heterocycles. The number of methoxy groups -OCH3 is 1. The molecule has 0 spiro atoms. The van der Waals surface area contributed by atoms with Crippen LogP contribution < -0.4 is 4.87 Å². The topological polar surface area (TPSA) is 60.8 Å². The molecule has 0 aromatic carbocycles. The number of nitrogens with zero attached hydrogens (tertiary/aromatic N) is 2. The van der Waals surface area contributed by atoms with Crippen molar-refractivity contribution in [1.82, 2.24) is 9.47 Å². The maximum absolute atomic E-state index is 11.7. The van der Waals surface area contributed by atoms with Crippen molar-refractivity contribution in [2.75, 3.05) is 33.9 Å². The van der Waals surface area contributed by atoms with Gasteiger partial charge in [0.25, 0.3) is 0 Å². The predicted octanol–water partition coefficient (Wildman–Crippen LogP) is 0.728. The third-order valence-corrected chi connectivity index (χ3v) is 4.02. The molecule has 0 radical (unpaired) electrons. The number of carbonyl (C=O) groups excluding carboxylic acids is 1. The van der Waals surface area contributed by atoms with Crippen molar-refractivity contribution in [2.24, 2.45) is 0 Å². The zero-order valence-electron chi connectivity index (χ0n) is 12.4. The number of hydrogen-bond acceptors (Lipinski definition) is 6. The van der Waals surface area contributed by atoms with E-state index in [4.69, 9.17) is 9.47 Å². The van der Waals surface area contributed by atoms with Crippen LogP contribution in [0.3, 0.4) is 0 Å². The Morgan fingerprint density at radius 3 is 2.75 bits per heavy atom. The van der Waals surface area contributed by atoms with Crippen molar-refractivity contribution >= 4 is 17.3 Å². The Labute approximate surface area is 122 Å². The van der Waals surface area contributed by atoms with Gasteiger partial charge in [-0.25, -0.2) is 0 Å². The average molecular weight is 302 g/mol. The second-order valence-electron chi connectivity index (χ2n) is 4.47. The first kappa shape index (κ1) is 16.9. The summed E-state index contributed by atoms with van der Waals surface area (Å²) >= 11 is 1.19. The quantitative estimate of drug-likeness (QED) is 0.663. The Kier molecular flexibility index (Phi) is 6.90. The van der Waals surface area contributed by atoms with Crippen LogP contribution in [0.15, 0.2) is 10.2 Å². The number of likely N-dealkylation sites (N-methyl/N-ethyl adjacent to an activating group) is 1. The van der Waals surface area contributed by atoms with Crippen LogP contribution in [-0.4, -0.2) is 55.4 Å². The van der Waals surface area contributed by atoms with Crippen LogP contribution in [0.2, 0.25) is 0 Å². The largest absolute Gasteiger partial charge is 0.468 e. The van der Waals surface area contributed by atoms with E-state index in [2.05, 4.69) is 0 Å². The lowest BCUT2D eigenvalue weighted by atomic mass is 10.2. The molecule has 0 saturated heterocycles. The minimum Gasteiger partial charge on any atom is -0.468 e. The van der Waals surface area contributed by atoms with Gasteiger partial charge in [-0.2, -0.15) is 0 Å². The molecular weight excluding hydrogens is 280 g/mol. The molecule has 1 heterocycles. The molecule has 0 saturated carbocycles. The number of ether oxygens (including phenoxy) is 2. The monoisotopic (exact) mass is 302 g/mol. The molecule has 6 nitrogen and oxygen atoms in total. The Bertz CT molecular complexity index is 483. The summed E-state index contributed by atoms with van der Waals surface area (Å²) in [4.78, 5) is 25.3. The van der Waals surface area contributed by atoms with Crippen LogP contribution in [0.4, 0.5) is 0 Å². The summed E-state index contributed by atoms with van der Waals surface area (Å²) in [6, 6.07) is -0.449. The van der Waals surface area contributed by atoms with Gasteiger partial charge in [0.2, 0.25) is 0 Å². The smallest absolute Gasteiger partial charge is 0.325 e. The van der Waals surface area contributed by atoms with Gasteiger partial charge < -0.3 is 14.0 Å². The van der Waals surface area contributed by atoms with Gasteiger partial charge in [0.1, 0.15) is 6.04 Å². The molecule has 7 heteroatoms. The zero-order valence-corrected chi connectivity index (χ0v) is 13.2. The van der Waals surface area contributed by atoms with Crippen molar-refractivity contribution in [2.45, 2.75) is 26.4 Å². The molecule has 0 fully saturated rings. The minimum atomic E-state index is -0.449. The molecular formula is C13H22N2O4S. The molecule has 1 atom stereocenters. The van der Waals surface area contributed by atoms with E-state index in [1.54, 1.807) is 4.57 Å². The average Bonchev–Trinajstić information content (AvgIpc) is 2.75. The highest BCUT2D eigenvalue weighted by Gasteiger charge is 2.24. The number of rotatable bonds is 8. The summed E-state index contributed by atoms with van der Waals surface area (Å²) in [7, 11) is 3.19. The van der Waals surface area contributed by atoms with Gasteiger partial charge >= 0.3 is 10.8 Å². The summed E-state index contributed by atoms with van der Waals surface area (Å²) in [5, 5.41) is 1.83. The number of carbonyl (C=O) groups is 1. The third kappa shape index (κ3) is 4.43. The molecule has 114 valence electrons. The molecule has 0 unspecified atom stereocenters. The summed E-state index contributed by atoms with van der Waals surface area (Å²) in [5.74, 6) is -0.324. The van der Waals surface area contributed by atoms with Crippen molar-refractivity contribution < 1.29 is 14.3 Å². The summed E-state index contributed by atoms with van der Waals surface area (Å²) in [5.41, 5.74) is 0.938. The fourth-order valence-electron chi connectivity index (χ4n) is 1.83. The Hall–Kier alpha value is -1.18. The predicted molar refractivity (Wildman–Crippen MR) is 78.2 cm³/mol. The lowest BCUT2D eigenvalue weighted by molar-refractivity contribution is -0.148. The SMILES string of the molecule is CCOC[C@H](C(=O)OC)N(C)CCn1c(C)csc1=O. The van der Waals surface area contributed by atoms with Crippen molar-refractivity contribution in [1.29, 1.82) is 0 Å². The lowest BCUT2D eigenvalue weighted by Crippen LogP contribution is -2.44. The van der Waals surface area contributed by atoms with Crippen molar-refractivity contribution in [3.8, 4) is 0 Å². The summed E-state index contributed by atoms with van der Waals surface area (Å²) in [6.45, 7) is 5.73. The summed E-state index contributed by atoms with van der Waals surface area (Å²) in [6.07, 6.45) is 0. The fourth-order valence-corrected chi connectivity index (χ4v) is 2.59. The zero-order chi connectivity index (χ0) is 15.1. The number of aryl methyl sites for hydroxylation is 1. The lowest BCUT2D eigenvalue weighted by Gasteiger charge is -2.25. The molecule has 20 heavy (non-hydrogen) atoms. The van der Waals surface area contributed by atoms with Gasteiger partial charge in [-0.3, -0.25) is 14.5 Å². The van der Waals surface area contributed by atoms with E-state index in [-0.39, 0.29) is 17.4 Å². The molecule has 0 N–H and O–H groups in total. The van der Waals surface area contributed by atoms with E-state index in [0.29, 0.717) is 19.7 Å². The van der Waals surface area contributed by atoms with Crippen molar-refractivity contribution in [3.05, 3.63) is 20.7 Å². The first-order chi connectivity index (χ1) is 9.51.